The van der Waals surface area contributed by atoms with E-state index in [1.165, 1.54) is 18.2 Å². The lowest BCUT2D eigenvalue weighted by Gasteiger charge is -2.36. The summed E-state index contributed by atoms with van der Waals surface area (Å²) in [5.41, 5.74) is 0.0853. The minimum absolute atomic E-state index is 0.0252. The third-order valence-corrected chi connectivity index (χ3v) is 6.86. The van der Waals surface area contributed by atoms with E-state index in [2.05, 4.69) is 9.62 Å². The average molecular weight is 499 g/mol. The molecule has 0 unspecified atom stereocenters. The summed E-state index contributed by atoms with van der Waals surface area (Å²) in [6.45, 7) is 1.44. The molecule has 4 nitrogen and oxygen atoms in total. The lowest BCUT2D eigenvalue weighted by molar-refractivity contribution is 0.0148. The van der Waals surface area contributed by atoms with Gasteiger partial charge in [-0.15, -0.1) is 0 Å². The van der Waals surface area contributed by atoms with E-state index in [1.807, 2.05) is 0 Å². The predicted molar refractivity (Wildman–Crippen MR) is 125 cm³/mol. The fourth-order valence-electron chi connectivity index (χ4n) is 4.09. The van der Waals surface area contributed by atoms with Gasteiger partial charge in [0.2, 0.25) is 0 Å². The molecule has 1 heterocycles. The van der Waals surface area contributed by atoms with Gasteiger partial charge in [-0.05, 0) is 60.9 Å². The molecule has 1 saturated carbocycles. The van der Waals surface area contributed by atoms with Gasteiger partial charge < -0.3 is 4.74 Å². The van der Waals surface area contributed by atoms with Crippen LogP contribution in [-0.2, 0) is 6.54 Å². The van der Waals surface area contributed by atoms with Crippen molar-refractivity contribution in [2.45, 2.75) is 43.8 Å². The molecule has 1 N–H and O–H groups in total. The van der Waals surface area contributed by atoms with Crippen molar-refractivity contribution >= 4 is 29.5 Å². The molecule has 1 aliphatic carbocycles. The van der Waals surface area contributed by atoms with Gasteiger partial charge in [0.1, 0.15) is 29.7 Å². The molecule has 2 aliphatic rings. The van der Waals surface area contributed by atoms with Crippen LogP contribution in [0.5, 0.6) is 5.75 Å². The highest BCUT2D eigenvalue weighted by Crippen LogP contribution is 2.45. The molecule has 178 valence electrons. The van der Waals surface area contributed by atoms with Gasteiger partial charge in [-0.25, -0.2) is 13.2 Å². The normalized spacial score (nSPS) is 18.2. The molecule has 0 radical (unpaired) electrons. The molecular weight excluding hydrogens is 473 g/mol. The maximum Gasteiger partial charge on any atom is 0.264 e. The summed E-state index contributed by atoms with van der Waals surface area (Å²) in [5, 5.41) is 0.0772. The Morgan fingerprint density at radius 2 is 1.94 bits per heavy atom. The van der Waals surface area contributed by atoms with E-state index in [9.17, 15) is 13.6 Å². The molecule has 2 aromatic rings. The molecule has 1 aliphatic heterocycles. The highest BCUT2D eigenvalue weighted by molar-refractivity contribution is 7.97. The number of hydrogen-bond donors (Lipinski definition) is 1. The van der Waals surface area contributed by atoms with Crippen LogP contribution in [0, 0.1) is 11.6 Å². The Morgan fingerprint density at radius 3 is 2.58 bits per heavy atom. The van der Waals surface area contributed by atoms with Gasteiger partial charge in [0.15, 0.2) is 0 Å². The molecule has 0 atom stereocenters. The van der Waals surface area contributed by atoms with Crippen molar-refractivity contribution in [2.24, 2.45) is 0 Å². The Bertz CT molecular complexity index is 1030. The van der Waals surface area contributed by atoms with E-state index in [4.69, 9.17) is 16.3 Å². The minimum atomic E-state index is -1.52. The van der Waals surface area contributed by atoms with Crippen molar-refractivity contribution in [2.75, 3.05) is 26.0 Å². The second-order valence-electron chi connectivity index (χ2n) is 8.74. The van der Waals surface area contributed by atoms with Crippen LogP contribution in [0.2, 0.25) is 5.02 Å². The van der Waals surface area contributed by atoms with Gasteiger partial charge in [-0.2, -0.15) is 0 Å². The zero-order valence-corrected chi connectivity index (χ0v) is 19.9. The van der Waals surface area contributed by atoms with Crippen LogP contribution in [0.1, 0.15) is 53.1 Å². The van der Waals surface area contributed by atoms with E-state index < -0.39 is 23.2 Å². The van der Waals surface area contributed by atoms with Crippen molar-refractivity contribution < 1.29 is 22.7 Å². The van der Waals surface area contributed by atoms with Crippen molar-refractivity contribution in [1.82, 2.24) is 9.62 Å². The number of nitrogens with one attached hydrogen (secondary N) is 1. The molecule has 0 spiro atoms. The van der Waals surface area contributed by atoms with Gasteiger partial charge in [0.25, 0.3) is 5.91 Å². The smallest absolute Gasteiger partial charge is 0.264 e. The first kappa shape index (κ1) is 24.2. The first-order valence-corrected chi connectivity index (χ1v) is 12.5. The largest absolute Gasteiger partial charge is 0.490 e. The molecule has 1 saturated heterocycles. The highest BCUT2D eigenvalue weighted by Gasteiger charge is 2.36. The van der Waals surface area contributed by atoms with E-state index in [1.54, 1.807) is 18.4 Å². The molecule has 1 amide bonds. The van der Waals surface area contributed by atoms with Crippen molar-refractivity contribution in [3.8, 4) is 5.75 Å². The molecule has 4 rings (SSSR count). The number of alkyl halides is 1. The SMILES string of the molecule is CSNC(=O)c1cc(C2CC2)c(OCC2(F)CCN(Cc3ccc(F)c(Cl)c3)CC2)cc1F. The van der Waals surface area contributed by atoms with Crippen LogP contribution in [0.4, 0.5) is 13.2 Å². The number of rotatable bonds is 8. The maximum absolute atomic E-state index is 15.5. The summed E-state index contributed by atoms with van der Waals surface area (Å²) in [5.74, 6) is -1.11. The Hall–Kier alpha value is -1.90. The van der Waals surface area contributed by atoms with Gasteiger partial charge >= 0.3 is 0 Å². The number of nitrogens with zero attached hydrogens (tertiary/aromatic N) is 1. The van der Waals surface area contributed by atoms with E-state index >= 15 is 4.39 Å². The zero-order valence-electron chi connectivity index (χ0n) is 18.3. The first-order chi connectivity index (χ1) is 15.8. The first-order valence-electron chi connectivity index (χ1n) is 10.9. The second kappa shape index (κ2) is 10.2. The Kier molecular flexibility index (Phi) is 7.46. The Labute approximate surface area is 200 Å². The average Bonchev–Trinajstić information content (AvgIpc) is 3.62. The van der Waals surface area contributed by atoms with Crippen LogP contribution >= 0.6 is 23.5 Å². The fourth-order valence-corrected chi connectivity index (χ4v) is 4.59. The molecule has 9 heteroatoms. The molecule has 0 aromatic heterocycles. The standard InChI is InChI=1S/C24H26ClF3N2O2S/c1-33-29-23(31)18-11-17(16-3-4-16)22(12-21(18)27)32-14-24(28)6-8-30(9-7-24)13-15-2-5-20(26)19(25)10-15/h2,5,10-12,16H,3-4,6-9,13-14H2,1H3,(H,29,31). The van der Waals surface area contributed by atoms with Gasteiger partial charge in [-0.1, -0.05) is 29.6 Å². The highest BCUT2D eigenvalue weighted by atomic mass is 35.5. The molecular formula is C24H26ClF3N2O2S. The summed E-state index contributed by atoms with van der Waals surface area (Å²) in [4.78, 5) is 14.2. The quantitative estimate of drug-likeness (QED) is 0.461. The van der Waals surface area contributed by atoms with Crippen molar-refractivity contribution in [3.63, 3.8) is 0 Å². The Balaban J connectivity index is 1.37. The summed E-state index contributed by atoms with van der Waals surface area (Å²) >= 11 is 6.95. The zero-order chi connectivity index (χ0) is 23.6. The summed E-state index contributed by atoms with van der Waals surface area (Å²) < 4.78 is 51.7. The molecule has 2 fully saturated rings. The Morgan fingerprint density at radius 1 is 1.21 bits per heavy atom. The van der Waals surface area contributed by atoms with Gasteiger partial charge in [0.05, 0.1) is 10.6 Å². The van der Waals surface area contributed by atoms with Crippen LogP contribution in [0.25, 0.3) is 0 Å². The number of ether oxygens (including phenoxy) is 1. The van der Waals surface area contributed by atoms with Crippen LogP contribution in [-0.4, -0.2) is 42.4 Å². The van der Waals surface area contributed by atoms with Gasteiger partial charge in [-0.3, -0.25) is 14.4 Å². The third-order valence-electron chi connectivity index (χ3n) is 6.18. The number of likely N-dealkylation sites (tertiary alicyclic amines) is 1. The molecule has 2 aromatic carbocycles. The minimum Gasteiger partial charge on any atom is -0.490 e. The summed E-state index contributed by atoms with van der Waals surface area (Å²) in [6, 6.07) is 7.35. The number of piperidine rings is 1. The number of carbonyl (C=O) groups is 1. The van der Waals surface area contributed by atoms with Crippen molar-refractivity contribution in [1.29, 1.82) is 0 Å². The number of hydrogen-bond acceptors (Lipinski definition) is 4. The van der Waals surface area contributed by atoms with Gasteiger partial charge in [0, 0.05) is 32.0 Å². The van der Waals surface area contributed by atoms with Crippen LogP contribution < -0.4 is 9.46 Å². The number of carbonyl (C=O) groups excluding carboxylic acids is 1. The predicted octanol–water partition coefficient (Wildman–Crippen LogP) is 5.89. The summed E-state index contributed by atoms with van der Waals surface area (Å²) in [7, 11) is 0. The number of benzene rings is 2. The number of amides is 1. The summed E-state index contributed by atoms with van der Waals surface area (Å²) in [6.07, 6.45) is 4.12. The maximum atomic E-state index is 15.5. The topological polar surface area (TPSA) is 41.6 Å². The van der Waals surface area contributed by atoms with Crippen LogP contribution in [0.3, 0.4) is 0 Å². The lowest BCUT2D eigenvalue weighted by atomic mass is 9.93. The van der Waals surface area contributed by atoms with E-state index in [0.717, 1.165) is 35.9 Å². The lowest BCUT2D eigenvalue weighted by Crippen LogP contribution is -2.44. The third kappa shape index (κ3) is 5.97. The monoisotopic (exact) mass is 498 g/mol. The van der Waals surface area contributed by atoms with Crippen molar-refractivity contribution in [3.05, 3.63) is 63.7 Å². The van der Waals surface area contributed by atoms with E-state index in [-0.39, 0.29) is 36.0 Å². The molecule has 0 bridgehead atoms. The fraction of sp³-hybridized carbons (Fsp3) is 0.458. The second-order valence-corrected chi connectivity index (χ2v) is 9.76. The number of halogens is 4. The van der Waals surface area contributed by atoms with E-state index in [0.29, 0.717) is 25.4 Å². The van der Waals surface area contributed by atoms with Crippen LogP contribution in [0.15, 0.2) is 30.3 Å². The molecule has 33 heavy (non-hydrogen) atoms.